The number of carbonyl (C=O) groups is 1. The maximum Gasteiger partial charge on any atom is 0.238 e. The smallest absolute Gasteiger partial charge is 0.238 e. The first kappa shape index (κ1) is 12.2. The van der Waals surface area contributed by atoms with E-state index >= 15 is 0 Å². The number of hydrogen-bond donors (Lipinski definition) is 1. The van der Waals surface area contributed by atoms with Crippen LogP contribution < -0.4 is 5.14 Å². The molecule has 0 aliphatic heterocycles. The van der Waals surface area contributed by atoms with E-state index in [1.165, 1.54) is 12.1 Å². The van der Waals surface area contributed by atoms with Gasteiger partial charge in [0.1, 0.15) is 11.6 Å². The second-order valence-electron chi connectivity index (χ2n) is 4.22. The number of rotatable bonds is 4. The standard InChI is InChI=1S/C11H12FNO3S/c12-10-6-9(17(13,15)16)4-3-8(10)5-11(14)7-1-2-7/h3-4,6-7H,1-2,5H2,(H2,13,15,16). The lowest BCUT2D eigenvalue weighted by Gasteiger charge is -2.04. The van der Waals surface area contributed by atoms with Crippen molar-refractivity contribution in [1.82, 2.24) is 0 Å². The number of primary sulfonamides is 1. The number of halogens is 1. The Balaban J connectivity index is 2.22. The minimum Gasteiger partial charge on any atom is -0.299 e. The number of benzene rings is 1. The van der Waals surface area contributed by atoms with E-state index in [9.17, 15) is 17.6 Å². The summed E-state index contributed by atoms with van der Waals surface area (Å²) < 4.78 is 35.5. The van der Waals surface area contributed by atoms with Gasteiger partial charge in [-0.05, 0) is 30.5 Å². The number of carbonyl (C=O) groups excluding carboxylic acids is 1. The predicted octanol–water partition coefficient (Wildman–Crippen LogP) is 0.995. The van der Waals surface area contributed by atoms with E-state index in [2.05, 4.69) is 0 Å². The van der Waals surface area contributed by atoms with Crippen LogP contribution in [0.2, 0.25) is 0 Å². The summed E-state index contributed by atoms with van der Waals surface area (Å²) in [4.78, 5) is 11.2. The van der Waals surface area contributed by atoms with Gasteiger partial charge in [0.05, 0.1) is 4.90 Å². The van der Waals surface area contributed by atoms with Crippen molar-refractivity contribution in [2.24, 2.45) is 11.1 Å². The Morgan fingerprint density at radius 1 is 1.41 bits per heavy atom. The van der Waals surface area contributed by atoms with Gasteiger partial charge < -0.3 is 0 Å². The maximum absolute atomic E-state index is 13.6. The Hall–Kier alpha value is -1.27. The Labute approximate surface area is 98.7 Å². The Bertz CT molecular complexity index is 564. The summed E-state index contributed by atoms with van der Waals surface area (Å²) >= 11 is 0. The number of Topliss-reactive ketones (excluding diaryl/α,β-unsaturated/α-hetero) is 1. The van der Waals surface area contributed by atoms with E-state index in [4.69, 9.17) is 5.14 Å². The lowest BCUT2D eigenvalue weighted by molar-refractivity contribution is -0.119. The quantitative estimate of drug-likeness (QED) is 0.874. The van der Waals surface area contributed by atoms with Gasteiger partial charge in [0.25, 0.3) is 0 Å². The number of sulfonamides is 1. The molecule has 2 N–H and O–H groups in total. The maximum atomic E-state index is 13.6. The molecule has 1 fully saturated rings. The molecule has 4 nitrogen and oxygen atoms in total. The molecular formula is C11H12FNO3S. The summed E-state index contributed by atoms with van der Waals surface area (Å²) in [6.07, 6.45) is 1.76. The summed E-state index contributed by atoms with van der Waals surface area (Å²) in [7, 11) is -3.90. The summed E-state index contributed by atoms with van der Waals surface area (Å²) in [5.74, 6) is -0.634. The van der Waals surface area contributed by atoms with Gasteiger partial charge in [-0.15, -0.1) is 0 Å². The molecule has 0 radical (unpaired) electrons. The van der Waals surface area contributed by atoms with Crippen LogP contribution in [-0.2, 0) is 21.2 Å². The Morgan fingerprint density at radius 3 is 2.53 bits per heavy atom. The number of ketones is 1. The summed E-state index contributed by atoms with van der Waals surface area (Å²) in [5.41, 5.74) is 0.217. The van der Waals surface area contributed by atoms with Crippen LogP contribution in [0.25, 0.3) is 0 Å². The third kappa shape index (κ3) is 2.89. The number of hydrogen-bond acceptors (Lipinski definition) is 3. The highest BCUT2D eigenvalue weighted by Crippen LogP contribution is 2.31. The van der Waals surface area contributed by atoms with E-state index in [0.717, 1.165) is 18.9 Å². The van der Waals surface area contributed by atoms with Gasteiger partial charge in [0, 0.05) is 12.3 Å². The van der Waals surface area contributed by atoms with Crippen LogP contribution in [0.1, 0.15) is 18.4 Å². The third-order valence-electron chi connectivity index (χ3n) is 2.75. The fourth-order valence-corrected chi connectivity index (χ4v) is 2.11. The average molecular weight is 257 g/mol. The highest BCUT2D eigenvalue weighted by atomic mass is 32.2. The molecule has 0 aromatic heterocycles. The molecule has 0 unspecified atom stereocenters. The molecule has 1 aliphatic carbocycles. The predicted molar refractivity (Wildman–Crippen MR) is 59.2 cm³/mol. The van der Waals surface area contributed by atoms with Crippen LogP contribution in [0, 0.1) is 11.7 Å². The highest BCUT2D eigenvalue weighted by molar-refractivity contribution is 7.89. The first-order valence-electron chi connectivity index (χ1n) is 5.22. The molecule has 0 atom stereocenters. The molecule has 0 bridgehead atoms. The normalized spacial score (nSPS) is 15.9. The first-order chi connectivity index (χ1) is 7.88. The molecular weight excluding hydrogens is 245 g/mol. The van der Waals surface area contributed by atoms with Crippen LogP contribution in [0.15, 0.2) is 23.1 Å². The summed E-state index contributed by atoms with van der Waals surface area (Å²) in [5, 5.41) is 4.87. The van der Waals surface area contributed by atoms with Crippen LogP contribution >= 0.6 is 0 Å². The lowest BCUT2D eigenvalue weighted by Crippen LogP contribution is -2.13. The molecule has 0 amide bonds. The monoisotopic (exact) mass is 257 g/mol. The third-order valence-corrected chi connectivity index (χ3v) is 3.66. The van der Waals surface area contributed by atoms with E-state index in [1.54, 1.807) is 0 Å². The molecule has 1 saturated carbocycles. The van der Waals surface area contributed by atoms with Crippen LogP contribution in [0.3, 0.4) is 0 Å². The first-order valence-corrected chi connectivity index (χ1v) is 6.76. The van der Waals surface area contributed by atoms with Crippen molar-refractivity contribution < 1.29 is 17.6 Å². The van der Waals surface area contributed by atoms with Crippen LogP contribution in [0.4, 0.5) is 4.39 Å². The minimum atomic E-state index is -3.90. The van der Waals surface area contributed by atoms with Gasteiger partial charge in [-0.25, -0.2) is 17.9 Å². The molecule has 1 aliphatic rings. The van der Waals surface area contributed by atoms with Gasteiger partial charge in [-0.3, -0.25) is 4.79 Å². The fourth-order valence-electron chi connectivity index (χ4n) is 1.59. The van der Waals surface area contributed by atoms with Gasteiger partial charge in [-0.2, -0.15) is 0 Å². The second kappa shape index (κ2) is 4.19. The van der Waals surface area contributed by atoms with Crippen LogP contribution in [-0.4, -0.2) is 14.2 Å². The molecule has 0 heterocycles. The van der Waals surface area contributed by atoms with Crippen molar-refractivity contribution in [2.45, 2.75) is 24.2 Å². The highest BCUT2D eigenvalue weighted by Gasteiger charge is 2.29. The average Bonchev–Trinajstić information content (AvgIpc) is 3.02. The van der Waals surface area contributed by atoms with E-state index in [1.807, 2.05) is 0 Å². The van der Waals surface area contributed by atoms with Gasteiger partial charge in [-0.1, -0.05) is 6.07 Å². The van der Waals surface area contributed by atoms with E-state index in [0.29, 0.717) is 0 Å². The molecule has 1 aromatic rings. The molecule has 0 spiro atoms. The number of nitrogens with two attached hydrogens (primary N) is 1. The molecule has 17 heavy (non-hydrogen) atoms. The van der Waals surface area contributed by atoms with Crippen molar-refractivity contribution in [3.05, 3.63) is 29.6 Å². The molecule has 2 rings (SSSR count). The molecule has 1 aromatic carbocycles. The van der Waals surface area contributed by atoms with Gasteiger partial charge in [0.15, 0.2) is 0 Å². The second-order valence-corrected chi connectivity index (χ2v) is 5.78. The molecule has 92 valence electrons. The molecule has 6 heteroatoms. The van der Waals surface area contributed by atoms with E-state index < -0.39 is 15.8 Å². The molecule has 0 saturated heterocycles. The van der Waals surface area contributed by atoms with Crippen molar-refractivity contribution in [3.8, 4) is 0 Å². The SMILES string of the molecule is NS(=O)(=O)c1ccc(CC(=O)C2CC2)c(F)c1. The zero-order valence-electron chi connectivity index (χ0n) is 9.02. The van der Waals surface area contributed by atoms with Gasteiger partial charge >= 0.3 is 0 Å². The zero-order chi connectivity index (χ0) is 12.6. The largest absolute Gasteiger partial charge is 0.299 e. The lowest BCUT2D eigenvalue weighted by atomic mass is 10.1. The minimum absolute atomic E-state index is 0.00672. The van der Waals surface area contributed by atoms with Crippen molar-refractivity contribution in [2.75, 3.05) is 0 Å². The van der Waals surface area contributed by atoms with Crippen molar-refractivity contribution >= 4 is 15.8 Å². The Morgan fingerprint density at radius 2 is 2.06 bits per heavy atom. The fraction of sp³-hybridized carbons (Fsp3) is 0.364. The summed E-state index contributed by atoms with van der Waals surface area (Å²) in [6.45, 7) is 0. The zero-order valence-corrected chi connectivity index (χ0v) is 9.84. The topological polar surface area (TPSA) is 77.2 Å². The van der Waals surface area contributed by atoms with Gasteiger partial charge in [0.2, 0.25) is 10.0 Å². The van der Waals surface area contributed by atoms with E-state index in [-0.39, 0.29) is 28.6 Å². The summed E-state index contributed by atoms with van der Waals surface area (Å²) in [6, 6.07) is 3.37. The van der Waals surface area contributed by atoms with Crippen molar-refractivity contribution in [3.63, 3.8) is 0 Å². The Kier molecular flexibility index (Phi) is 3.01. The van der Waals surface area contributed by atoms with Crippen molar-refractivity contribution in [1.29, 1.82) is 0 Å². The van der Waals surface area contributed by atoms with Crippen LogP contribution in [0.5, 0.6) is 0 Å².